The predicted molar refractivity (Wildman–Crippen MR) is 67.5 cm³/mol. The zero-order valence-electron chi connectivity index (χ0n) is 9.76. The van der Waals surface area contributed by atoms with Gasteiger partial charge in [0.2, 0.25) is 0 Å². The molecule has 0 atom stereocenters. The molecule has 0 amide bonds. The molecule has 3 aromatic rings. The molecule has 2 aromatic heterocycles. The van der Waals surface area contributed by atoms with Gasteiger partial charge in [-0.25, -0.2) is 13.9 Å². The number of benzene rings is 1. The van der Waals surface area contributed by atoms with Crippen LogP contribution in [0.5, 0.6) is 0 Å². The van der Waals surface area contributed by atoms with Gasteiger partial charge in [-0.1, -0.05) is 29.8 Å². The second-order valence-electron chi connectivity index (χ2n) is 4.18. The van der Waals surface area contributed by atoms with Crippen LogP contribution in [0.1, 0.15) is 5.56 Å². The molecular formula is C13H11FN4. The first-order chi connectivity index (χ1) is 8.63. The van der Waals surface area contributed by atoms with Crippen LogP contribution >= 0.6 is 0 Å². The first-order valence-electron chi connectivity index (χ1n) is 5.52. The lowest BCUT2D eigenvalue weighted by Gasteiger charge is -1.95. The number of aromatic nitrogens is 3. The highest BCUT2D eigenvalue weighted by Crippen LogP contribution is 2.20. The van der Waals surface area contributed by atoms with E-state index in [-0.39, 0.29) is 5.69 Å². The molecule has 0 saturated heterocycles. The molecule has 0 spiro atoms. The quantitative estimate of drug-likeness (QED) is 0.713. The van der Waals surface area contributed by atoms with Crippen LogP contribution in [-0.2, 0) is 0 Å². The van der Waals surface area contributed by atoms with Crippen molar-refractivity contribution in [1.82, 2.24) is 14.6 Å². The van der Waals surface area contributed by atoms with Crippen molar-refractivity contribution >= 4 is 11.3 Å². The van der Waals surface area contributed by atoms with E-state index in [1.807, 2.05) is 31.2 Å². The summed E-state index contributed by atoms with van der Waals surface area (Å²) in [7, 11) is 0. The average Bonchev–Trinajstić information content (AvgIpc) is 2.74. The molecule has 0 fully saturated rings. The number of nitrogens with zero attached hydrogens (tertiary/aromatic N) is 3. The van der Waals surface area contributed by atoms with E-state index in [9.17, 15) is 4.39 Å². The van der Waals surface area contributed by atoms with E-state index in [1.54, 1.807) is 0 Å². The first kappa shape index (κ1) is 10.7. The summed E-state index contributed by atoms with van der Waals surface area (Å²) in [6.45, 7) is 2.01. The second kappa shape index (κ2) is 3.80. The van der Waals surface area contributed by atoms with E-state index in [0.717, 1.165) is 11.1 Å². The Morgan fingerprint density at radius 3 is 2.67 bits per heavy atom. The molecule has 0 aliphatic heterocycles. The number of fused-ring (bicyclic) bond motifs is 1. The lowest BCUT2D eigenvalue weighted by Crippen LogP contribution is -1.95. The van der Waals surface area contributed by atoms with Crippen LogP contribution in [0.4, 0.5) is 10.1 Å². The zero-order valence-corrected chi connectivity index (χ0v) is 9.76. The molecule has 0 aliphatic carbocycles. The van der Waals surface area contributed by atoms with Gasteiger partial charge in [0.05, 0.1) is 11.9 Å². The van der Waals surface area contributed by atoms with E-state index in [0.29, 0.717) is 11.5 Å². The number of nitrogen functional groups attached to an aromatic ring is 1. The molecule has 0 saturated carbocycles. The molecule has 1 aromatic carbocycles. The van der Waals surface area contributed by atoms with Gasteiger partial charge in [-0.15, -0.1) is 5.10 Å². The third kappa shape index (κ3) is 1.69. The molecule has 4 nitrogen and oxygen atoms in total. The molecule has 2 heterocycles. The maximum atomic E-state index is 13.2. The Morgan fingerprint density at radius 2 is 1.94 bits per heavy atom. The summed E-state index contributed by atoms with van der Waals surface area (Å²) in [6, 6.07) is 9.05. The molecule has 3 rings (SSSR count). The fraction of sp³-hybridized carbons (Fsp3) is 0.0769. The summed E-state index contributed by atoms with van der Waals surface area (Å²) in [4.78, 5) is 4.31. The van der Waals surface area contributed by atoms with Crippen molar-refractivity contribution in [3.8, 4) is 11.4 Å². The summed E-state index contributed by atoms with van der Waals surface area (Å²) in [5.41, 5.74) is 8.49. The van der Waals surface area contributed by atoms with E-state index < -0.39 is 5.82 Å². The van der Waals surface area contributed by atoms with Crippen LogP contribution in [0.2, 0.25) is 0 Å². The first-order valence-corrected chi connectivity index (χ1v) is 5.52. The minimum atomic E-state index is -0.430. The Hall–Kier alpha value is -2.43. The van der Waals surface area contributed by atoms with Gasteiger partial charge in [-0.2, -0.15) is 0 Å². The molecule has 0 unspecified atom stereocenters. The highest BCUT2D eigenvalue weighted by molar-refractivity contribution is 5.68. The van der Waals surface area contributed by atoms with E-state index in [2.05, 4.69) is 10.1 Å². The summed E-state index contributed by atoms with van der Waals surface area (Å²) < 4.78 is 14.6. The number of rotatable bonds is 1. The van der Waals surface area contributed by atoms with Crippen LogP contribution in [0.3, 0.4) is 0 Å². The van der Waals surface area contributed by atoms with Crippen LogP contribution in [0.15, 0.2) is 36.5 Å². The molecule has 0 radical (unpaired) electrons. The highest BCUT2D eigenvalue weighted by Gasteiger charge is 2.09. The Kier molecular flexibility index (Phi) is 2.26. The fourth-order valence-corrected chi connectivity index (χ4v) is 1.80. The number of hydrogen-bond acceptors (Lipinski definition) is 3. The molecule has 0 bridgehead atoms. The summed E-state index contributed by atoms with van der Waals surface area (Å²) in [5, 5.41) is 4.22. The van der Waals surface area contributed by atoms with Gasteiger partial charge in [0.25, 0.3) is 0 Å². The number of anilines is 1. The topological polar surface area (TPSA) is 56.2 Å². The summed E-state index contributed by atoms with van der Waals surface area (Å²) >= 11 is 0. The molecule has 18 heavy (non-hydrogen) atoms. The third-order valence-corrected chi connectivity index (χ3v) is 2.74. The van der Waals surface area contributed by atoms with Gasteiger partial charge in [0.15, 0.2) is 11.5 Å². The van der Waals surface area contributed by atoms with Crippen LogP contribution in [0, 0.1) is 12.7 Å². The van der Waals surface area contributed by atoms with Crippen molar-refractivity contribution in [2.75, 3.05) is 5.73 Å². The lowest BCUT2D eigenvalue weighted by molar-refractivity contribution is 0.615. The molecule has 5 heteroatoms. The van der Waals surface area contributed by atoms with Gasteiger partial charge in [-0.05, 0) is 6.92 Å². The molecule has 0 aliphatic rings. The van der Waals surface area contributed by atoms with Gasteiger partial charge in [-0.3, -0.25) is 0 Å². The van der Waals surface area contributed by atoms with Crippen molar-refractivity contribution in [3.05, 3.63) is 47.9 Å². The highest BCUT2D eigenvalue weighted by atomic mass is 19.1. The smallest absolute Gasteiger partial charge is 0.182 e. The molecule has 2 N–H and O–H groups in total. The van der Waals surface area contributed by atoms with Gasteiger partial charge in [0.1, 0.15) is 5.82 Å². The van der Waals surface area contributed by atoms with E-state index in [1.165, 1.54) is 16.8 Å². The van der Waals surface area contributed by atoms with E-state index in [4.69, 9.17) is 5.73 Å². The number of hydrogen-bond donors (Lipinski definition) is 1. The standard InChI is InChI=1S/C13H11FN4/c1-8-2-4-9(5-3-8)12-16-13-11(15)6-10(14)7-18(13)17-12/h2-7H,15H2,1H3. The number of nitrogens with two attached hydrogens (primary N) is 1. The SMILES string of the molecule is Cc1ccc(-c2nc3c(N)cc(F)cn3n2)cc1. The largest absolute Gasteiger partial charge is 0.396 e. The second-order valence-corrected chi connectivity index (χ2v) is 4.18. The number of halogens is 1. The van der Waals surface area contributed by atoms with Crippen molar-refractivity contribution in [3.63, 3.8) is 0 Å². The van der Waals surface area contributed by atoms with Crippen molar-refractivity contribution in [2.24, 2.45) is 0 Å². The van der Waals surface area contributed by atoms with Gasteiger partial charge < -0.3 is 5.73 Å². The molecule has 90 valence electrons. The normalized spacial score (nSPS) is 11.0. The van der Waals surface area contributed by atoms with Crippen molar-refractivity contribution in [1.29, 1.82) is 0 Å². The van der Waals surface area contributed by atoms with Gasteiger partial charge >= 0.3 is 0 Å². The zero-order chi connectivity index (χ0) is 12.7. The molecular weight excluding hydrogens is 231 g/mol. The Morgan fingerprint density at radius 1 is 1.22 bits per heavy atom. The van der Waals surface area contributed by atoms with Gasteiger partial charge in [0, 0.05) is 11.6 Å². The lowest BCUT2D eigenvalue weighted by atomic mass is 10.1. The Bertz CT molecular complexity index is 716. The van der Waals surface area contributed by atoms with Crippen LogP contribution in [0.25, 0.3) is 17.0 Å². The number of aryl methyl sites for hydroxylation is 1. The van der Waals surface area contributed by atoms with Crippen LogP contribution in [-0.4, -0.2) is 14.6 Å². The maximum absolute atomic E-state index is 13.2. The number of pyridine rings is 1. The fourth-order valence-electron chi connectivity index (χ4n) is 1.80. The minimum Gasteiger partial charge on any atom is -0.396 e. The van der Waals surface area contributed by atoms with Crippen molar-refractivity contribution < 1.29 is 4.39 Å². The van der Waals surface area contributed by atoms with Crippen molar-refractivity contribution in [2.45, 2.75) is 6.92 Å². The Labute approximate surface area is 103 Å². The van der Waals surface area contributed by atoms with E-state index >= 15 is 0 Å². The minimum absolute atomic E-state index is 0.279. The predicted octanol–water partition coefficient (Wildman–Crippen LogP) is 2.43. The average molecular weight is 242 g/mol. The Balaban J connectivity index is 2.19. The van der Waals surface area contributed by atoms with Crippen LogP contribution < -0.4 is 5.73 Å². The monoisotopic (exact) mass is 242 g/mol. The summed E-state index contributed by atoms with van der Waals surface area (Å²) in [5.74, 6) is 0.104. The summed E-state index contributed by atoms with van der Waals surface area (Å²) in [6.07, 6.45) is 1.26. The maximum Gasteiger partial charge on any atom is 0.182 e. The third-order valence-electron chi connectivity index (χ3n) is 2.74.